The standard InChI is InChI=1S/C17H14BrF3N2O2/c1-11-8-13(6-7-15(11)18)25-10-16(24)23-22-9-12-4-2-3-5-14(12)17(19,20)21/h2-9H,10H2,1H3,(H,23,24). The van der Waals surface area contributed by atoms with Crippen LogP contribution in [0.3, 0.4) is 0 Å². The SMILES string of the molecule is Cc1cc(OCC(=O)NN=Cc2ccccc2C(F)(F)F)ccc1Br. The molecule has 8 heteroatoms. The Hall–Kier alpha value is -2.35. The average Bonchev–Trinajstić information content (AvgIpc) is 2.55. The highest BCUT2D eigenvalue weighted by Gasteiger charge is 2.32. The number of alkyl halides is 3. The van der Waals surface area contributed by atoms with Crippen molar-refractivity contribution >= 4 is 28.1 Å². The second-order valence-corrected chi connectivity index (χ2v) is 5.93. The number of amides is 1. The van der Waals surface area contributed by atoms with Crippen molar-refractivity contribution in [3.8, 4) is 5.75 Å². The van der Waals surface area contributed by atoms with Crippen molar-refractivity contribution in [1.29, 1.82) is 0 Å². The lowest BCUT2D eigenvalue weighted by atomic mass is 10.1. The van der Waals surface area contributed by atoms with E-state index < -0.39 is 17.6 Å². The normalized spacial score (nSPS) is 11.6. The number of aryl methyl sites for hydroxylation is 1. The van der Waals surface area contributed by atoms with Gasteiger partial charge in [-0.2, -0.15) is 18.3 Å². The monoisotopic (exact) mass is 414 g/mol. The number of rotatable bonds is 5. The van der Waals surface area contributed by atoms with Crippen LogP contribution in [0.2, 0.25) is 0 Å². The molecular formula is C17H14BrF3N2O2. The summed E-state index contributed by atoms with van der Waals surface area (Å²) in [6, 6.07) is 10.2. The van der Waals surface area contributed by atoms with E-state index in [1.807, 2.05) is 6.92 Å². The Kier molecular flexibility index (Phi) is 6.19. The van der Waals surface area contributed by atoms with Crippen molar-refractivity contribution < 1.29 is 22.7 Å². The summed E-state index contributed by atoms with van der Waals surface area (Å²) in [4.78, 5) is 11.7. The van der Waals surface area contributed by atoms with Crippen LogP contribution in [-0.4, -0.2) is 18.7 Å². The molecule has 0 aliphatic carbocycles. The first-order valence-electron chi connectivity index (χ1n) is 7.14. The van der Waals surface area contributed by atoms with Crippen LogP contribution in [0.5, 0.6) is 5.75 Å². The molecule has 0 spiro atoms. The topological polar surface area (TPSA) is 50.7 Å². The number of hydrogen-bond donors (Lipinski definition) is 1. The lowest BCUT2D eigenvalue weighted by Gasteiger charge is -2.09. The van der Waals surface area contributed by atoms with E-state index in [0.29, 0.717) is 5.75 Å². The van der Waals surface area contributed by atoms with E-state index >= 15 is 0 Å². The molecule has 0 radical (unpaired) electrons. The zero-order chi connectivity index (χ0) is 18.4. The Morgan fingerprint density at radius 1 is 1.28 bits per heavy atom. The highest BCUT2D eigenvalue weighted by Crippen LogP contribution is 2.31. The molecule has 0 aliphatic rings. The summed E-state index contributed by atoms with van der Waals surface area (Å²) >= 11 is 3.35. The number of halogens is 4. The number of carbonyl (C=O) groups excluding carboxylic acids is 1. The summed E-state index contributed by atoms with van der Waals surface area (Å²) in [7, 11) is 0. The summed E-state index contributed by atoms with van der Waals surface area (Å²) in [5.74, 6) is -0.0800. The molecule has 1 amide bonds. The van der Waals surface area contributed by atoms with Crippen molar-refractivity contribution in [2.45, 2.75) is 13.1 Å². The number of ether oxygens (including phenoxy) is 1. The molecule has 0 unspecified atom stereocenters. The molecule has 4 nitrogen and oxygen atoms in total. The van der Waals surface area contributed by atoms with Gasteiger partial charge in [-0.15, -0.1) is 0 Å². The smallest absolute Gasteiger partial charge is 0.417 e. The first kappa shape index (κ1) is 19.0. The second-order valence-electron chi connectivity index (χ2n) is 5.08. The quantitative estimate of drug-likeness (QED) is 0.585. The molecule has 1 N–H and O–H groups in total. The lowest BCUT2D eigenvalue weighted by Crippen LogP contribution is -2.24. The third-order valence-electron chi connectivity index (χ3n) is 3.16. The molecule has 0 aromatic heterocycles. The van der Waals surface area contributed by atoms with Crippen molar-refractivity contribution in [2.75, 3.05) is 6.61 Å². The van der Waals surface area contributed by atoms with Crippen molar-refractivity contribution in [2.24, 2.45) is 5.10 Å². The van der Waals surface area contributed by atoms with Gasteiger partial charge >= 0.3 is 6.18 Å². The van der Waals surface area contributed by atoms with Gasteiger partial charge in [0.05, 0.1) is 11.8 Å². The molecule has 2 rings (SSSR count). The molecule has 0 saturated heterocycles. The minimum absolute atomic E-state index is 0.139. The van der Waals surface area contributed by atoms with Crippen LogP contribution >= 0.6 is 15.9 Å². The van der Waals surface area contributed by atoms with Crippen LogP contribution in [0.25, 0.3) is 0 Å². The van der Waals surface area contributed by atoms with E-state index in [1.54, 1.807) is 18.2 Å². The Morgan fingerprint density at radius 2 is 2.00 bits per heavy atom. The fourth-order valence-corrected chi connectivity index (χ4v) is 2.18. The van der Waals surface area contributed by atoms with Gasteiger partial charge in [0.1, 0.15) is 5.75 Å². The van der Waals surface area contributed by atoms with Crippen molar-refractivity contribution in [3.05, 3.63) is 63.6 Å². The molecule has 0 saturated carbocycles. The van der Waals surface area contributed by atoms with Crippen LogP contribution in [0.1, 0.15) is 16.7 Å². The summed E-state index contributed by atoms with van der Waals surface area (Å²) in [5, 5.41) is 3.55. The first-order chi connectivity index (χ1) is 11.8. The molecule has 0 heterocycles. The van der Waals surface area contributed by atoms with E-state index in [9.17, 15) is 18.0 Å². The van der Waals surface area contributed by atoms with Crippen LogP contribution in [0.15, 0.2) is 52.0 Å². The Labute approximate surface area is 150 Å². The fourth-order valence-electron chi connectivity index (χ4n) is 1.93. The predicted molar refractivity (Wildman–Crippen MR) is 91.6 cm³/mol. The van der Waals surface area contributed by atoms with E-state index in [2.05, 4.69) is 26.5 Å². The molecule has 0 bridgehead atoms. The van der Waals surface area contributed by atoms with Gasteiger partial charge in [0.15, 0.2) is 6.61 Å². The Morgan fingerprint density at radius 3 is 2.68 bits per heavy atom. The van der Waals surface area contributed by atoms with E-state index in [1.165, 1.54) is 18.2 Å². The van der Waals surface area contributed by atoms with Crippen LogP contribution in [-0.2, 0) is 11.0 Å². The Balaban J connectivity index is 1.92. The van der Waals surface area contributed by atoms with Crippen molar-refractivity contribution in [3.63, 3.8) is 0 Å². The minimum Gasteiger partial charge on any atom is -0.484 e. The number of carbonyl (C=O) groups is 1. The highest BCUT2D eigenvalue weighted by molar-refractivity contribution is 9.10. The van der Waals surface area contributed by atoms with Gasteiger partial charge in [-0.3, -0.25) is 4.79 Å². The molecule has 0 fully saturated rings. The highest BCUT2D eigenvalue weighted by atomic mass is 79.9. The molecule has 2 aromatic carbocycles. The van der Waals surface area contributed by atoms with Crippen LogP contribution in [0, 0.1) is 6.92 Å². The van der Waals surface area contributed by atoms with Gasteiger partial charge in [-0.25, -0.2) is 5.43 Å². The Bertz CT molecular complexity index is 792. The summed E-state index contributed by atoms with van der Waals surface area (Å²) in [6.45, 7) is 1.57. The van der Waals surface area contributed by atoms with E-state index in [0.717, 1.165) is 22.3 Å². The maximum Gasteiger partial charge on any atom is 0.417 e. The van der Waals surface area contributed by atoms with Gasteiger partial charge < -0.3 is 4.74 Å². The maximum absolute atomic E-state index is 12.8. The van der Waals surface area contributed by atoms with Crippen molar-refractivity contribution in [1.82, 2.24) is 5.43 Å². The summed E-state index contributed by atoms with van der Waals surface area (Å²) in [5.41, 5.74) is 2.12. The number of nitrogens with zero attached hydrogens (tertiary/aromatic N) is 1. The third-order valence-corrected chi connectivity index (χ3v) is 4.05. The van der Waals surface area contributed by atoms with Gasteiger partial charge in [0.2, 0.25) is 0 Å². The van der Waals surface area contributed by atoms with E-state index in [-0.39, 0.29) is 12.2 Å². The molecule has 25 heavy (non-hydrogen) atoms. The second kappa shape index (κ2) is 8.15. The van der Waals surface area contributed by atoms with Crippen LogP contribution in [0.4, 0.5) is 13.2 Å². The number of benzene rings is 2. The average molecular weight is 415 g/mol. The first-order valence-corrected chi connectivity index (χ1v) is 7.94. The zero-order valence-corrected chi connectivity index (χ0v) is 14.7. The molecular weight excluding hydrogens is 401 g/mol. The van der Waals surface area contributed by atoms with Gasteiger partial charge in [-0.1, -0.05) is 34.1 Å². The number of nitrogens with one attached hydrogen (secondary N) is 1. The largest absolute Gasteiger partial charge is 0.484 e. The van der Waals surface area contributed by atoms with Gasteiger partial charge in [0.25, 0.3) is 5.91 Å². The summed E-state index contributed by atoms with van der Waals surface area (Å²) < 4.78 is 44.7. The number of hydrazone groups is 1. The van der Waals surface area contributed by atoms with Gasteiger partial charge in [0, 0.05) is 10.0 Å². The van der Waals surface area contributed by atoms with E-state index in [4.69, 9.17) is 4.74 Å². The molecule has 0 aliphatic heterocycles. The van der Waals surface area contributed by atoms with Gasteiger partial charge in [-0.05, 0) is 36.8 Å². The molecule has 0 atom stereocenters. The minimum atomic E-state index is -4.49. The molecule has 2 aromatic rings. The summed E-state index contributed by atoms with van der Waals surface area (Å²) in [6.07, 6.45) is -3.54. The fraction of sp³-hybridized carbons (Fsp3) is 0.176. The zero-order valence-electron chi connectivity index (χ0n) is 13.1. The predicted octanol–water partition coefficient (Wildman–Crippen LogP) is 4.31. The molecule has 132 valence electrons. The maximum atomic E-state index is 12.8. The lowest BCUT2D eigenvalue weighted by molar-refractivity contribution is -0.137. The number of hydrogen-bond acceptors (Lipinski definition) is 3. The van der Waals surface area contributed by atoms with Crippen LogP contribution < -0.4 is 10.2 Å². The third kappa shape index (κ3) is 5.60.